The van der Waals surface area contributed by atoms with E-state index in [0.29, 0.717) is 6.61 Å². The number of methoxy groups -OCH3 is 1. The molecular formula is C18H38O4Si2. The number of hydrogen-bond acceptors (Lipinski definition) is 4. The van der Waals surface area contributed by atoms with Gasteiger partial charge >= 0.3 is 5.97 Å². The van der Waals surface area contributed by atoms with E-state index in [1.807, 2.05) is 0 Å². The van der Waals surface area contributed by atoms with E-state index in [1.165, 1.54) is 13.2 Å². The first kappa shape index (κ1) is 23.6. The van der Waals surface area contributed by atoms with E-state index in [0.717, 1.165) is 0 Å². The van der Waals surface area contributed by atoms with Crippen LogP contribution in [0.2, 0.25) is 36.3 Å². The van der Waals surface area contributed by atoms with Crippen molar-refractivity contribution >= 4 is 22.6 Å². The molecular weight excluding hydrogens is 336 g/mol. The Bertz CT molecular complexity index is 443. The molecule has 0 aliphatic carbocycles. The Labute approximate surface area is 151 Å². The summed E-state index contributed by atoms with van der Waals surface area (Å²) in [7, 11) is -2.45. The van der Waals surface area contributed by atoms with E-state index in [-0.39, 0.29) is 22.1 Å². The summed E-state index contributed by atoms with van der Waals surface area (Å²) in [5.74, 6) is -0.369. The molecule has 0 saturated carbocycles. The van der Waals surface area contributed by atoms with E-state index in [1.54, 1.807) is 6.08 Å². The zero-order valence-corrected chi connectivity index (χ0v) is 19.6. The number of hydrogen-bond donors (Lipinski definition) is 0. The predicted octanol–water partition coefficient (Wildman–Crippen LogP) is 5.13. The fourth-order valence-electron chi connectivity index (χ4n) is 1.44. The summed E-state index contributed by atoms with van der Waals surface area (Å²) in [6.45, 7) is 22.6. The Hall–Kier alpha value is -0.436. The van der Waals surface area contributed by atoms with Gasteiger partial charge in [-0.15, -0.1) is 0 Å². The van der Waals surface area contributed by atoms with Crippen LogP contribution in [0.25, 0.3) is 0 Å². The second-order valence-corrected chi connectivity index (χ2v) is 18.9. The summed E-state index contributed by atoms with van der Waals surface area (Å²) in [6.07, 6.45) is 2.98. The third kappa shape index (κ3) is 7.21. The van der Waals surface area contributed by atoms with Gasteiger partial charge in [0.15, 0.2) is 16.6 Å². The Kier molecular flexibility index (Phi) is 8.14. The van der Waals surface area contributed by atoms with Crippen LogP contribution in [0.3, 0.4) is 0 Å². The molecule has 0 radical (unpaired) electrons. The molecule has 0 unspecified atom stereocenters. The van der Waals surface area contributed by atoms with Crippen molar-refractivity contribution in [1.82, 2.24) is 0 Å². The molecule has 0 aromatic rings. The van der Waals surface area contributed by atoms with Gasteiger partial charge in [-0.2, -0.15) is 0 Å². The summed E-state index contributed by atoms with van der Waals surface area (Å²) in [6, 6.07) is 0. The summed E-state index contributed by atoms with van der Waals surface area (Å²) in [5, 5.41) is 0.238. The minimum Gasteiger partial charge on any atom is -0.466 e. The van der Waals surface area contributed by atoms with Crippen molar-refractivity contribution in [2.45, 2.75) is 83.9 Å². The summed E-state index contributed by atoms with van der Waals surface area (Å²) in [5.41, 5.74) is 0. The highest BCUT2D eigenvalue weighted by molar-refractivity contribution is 6.74. The molecule has 0 aliphatic heterocycles. The topological polar surface area (TPSA) is 44.8 Å². The largest absolute Gasteiger partial charge is 0.466 e. The third-order valence-electron chi connectivity index (χ3n) is 5.31. The lowest BCUT2D eigenvalue weighted by Crippen LogP contribution is -2.47. The highest BCUT2D eigenvalue weighted by atomic mass is 28.4. The van der Waals surface area contributed by atoms with Crippen LogP contribution in [0.5, 0.6) is 0 Å². The minimum absolute atomic E-state index is 0.0985. The minimum atomic E-state index is -1.96. The summed E-state index contributed by atoms with van der Waals surface area (Å²) < 4.78 is 17.5. The second-order valence-electron chi connectivity index (χ2n) is 9.37. The highest BCUT2D eigenvalue weighted by Gasteiger charge is 2.41. The third-order valence-corrected chi connectivity index (χ3v) is 14.3. The first-order chi connectivity index (χ1) is 10.5. The molecule has 0 rings (SSSR count). The standard InChI is InChI=1S/C18H38O4Si2/c1-17(2,3)23(8,9)21-14-15(12-13-16(19)20-7)22-24(10,11)18(4,5)6/h12-13,15H,14H2,1-11H3/b13-12+/t15-/m0/s1. The smallest absolute Gasteiger partial charge is 0.330 e. The van der Waals surface area contributed by atoms with E-state index in [2.05, 4.69) is 67.7 Å². The molecule has 0 aromatic carbocycles. The van der Waals surface area contributed by atoms with Gasteiger partial charge in [-0.05, 0) is 42.3 Å². The monoisotopic (exact) mass is 374 g/mol. The Morgan fingerprint density at radius 1 is 0.958 bits per heavy atom. The van der Waals surface area contributed by atoms with Crippen LogP contribution >= 0.6 is 0 Å². The van der Waals surface area contributed by atoms with Crippen LogP contribution in [0, 0.1) is 0 Å². The van der Waals surface area contributed by atoms with E-state index in [4.69, 9.17) is 13.6 Å². The molecule has 6 heteroatoms. The van der Waals surface area contributed by atoms with Gasteiger partial charge in [0.2, 0.25) is 0 Å². The fraction of sp³-hybridized carbons (Fsp3) is 0.833. The van der Waals surface area contributed by atoms with Gasteiger partial charge in [-0.25, -0.2) is 4.79 Å². The molecule has 0 spiro atoms. The van der Waals surface area contributed by atoms with Crippen molar-refractivity contribution < 1.29 is 18.4 Å². The zero-order chi connectivity index (χ0) is 19.4. The number of carbonyl (C=O) groups is 1. The van der Waals surface area contributed by atoms with Gasteiger partial charge in [0.25, 0.3) is 0 Å². The summed E-state index contributed by atoms with van der Waals surface area (Å²) in [4.78, 5) is 11.5. The number of carbonyl (C=O) groups excluding carboxylic acids is 1. The molecule has 4 nitrogen and oxygen atoms in total. The van der Waals surface area contributed by atoms with Crippen molar-refractivity contribution in [3.05, 3.63) is 12.2 Å². The van der Waals surface area contributed by atoms with E-state index >= 15 is 0 Å². The normalized spacial score (nSPS) is 15.6. The molecule has 1 atom stereocenters. The quantitative estimate of drug-likeness (QED) is 0.352. The van der Waals surface area contributed by atoms with E-state index in [9.17, 15) is 4.79 Å². The zero-order valence-electron chi connectivity index (χ0n) is 17.6. The van der Waals surface area contributed by atoms with Gasteiger partial charge in [0.1, 0.15) is 0 Å². The van der Waals surface area contributed by atoms with Gasteiger partial charge < -0.3 is 13.6 Å². The number of rotatable bonds is 7. The van der Waals surface area contributed by atoms with Gasteiger partial charge in [-0.1, -0.05) is 41.5 Å². The molecule has 0 aromatic heterocycles. The van der Waals surface area contributed by atoms with Crippen molar-refractivity contribution in [2.75, 3.05) is 13.7 Å². The maximum Gasteiger partial charge on any atom is 0.330 e. The average Bonchev–Trinajstić information content (AvgIpc) is 2.38. The lowest BCUT2D eigenvalue weighted by Gasteiger charge is -2.41. The average molecular weight is 375 g/mol. The summed E-state index contributed by atoms with van der Waals surface area (Å²) >= 11 is 0. The van der Waals surface area contributed by atoms with Gasteiger partial charge in [0, 0.05) is 6.08 Å². The van der Waals surface area contributed by atoms with Crippen LogP contribution in [0.4, 0.5) is 0 Å². The molecule has 0 bridgehead atoms. The molecule has 0 N–H and O–H groups in total. The van der Waals surface area contributed by atoms with Gasteiger partial charge in [0.05, 0.1) is 19.8 Å². The fourth-order valence-corrected chi connectivity index (χ4v) is 3.72. The van der Waals surface area contributed by atoms with Crippen LogP contribution in [-0.2, 0) is 18.4 Å². The molecule has 0 heterocycles. The lowest BCUT2D eigenvalue weighted by molar-refractivity contribution is -0.134. The SMILES string of the molecule is COC(=O)/C=C/[C@@H](CO[Si](C)(C)C(C)(C)C)O[Si](C)(C)C(C)(C)C. The molecule has 0 aliphatic rings. The Balaban J connectivity index is 5.23. The predicted molar refractivity (Wildman–Crippen MR) is 106 cm³/mol. The van der Waals surface area contributed by atoms with Crippen LogP contribution in [-0.4, -0.2) is 42.4 Å². The first-order valence-corrected chi connectivity index (χ1v) is 14.4. The van der Waals surface area contributed by atoms with E-state index < -0.39 is 16.6 Å². The van der Waals surface area contributed by atoms with Crippen LogP contribution in [0.1, 0.15) is 41.5 Å². The second kappa shape index (κ2) is 8.30. The lowest BCUT2D eigenvalue weighted by atomic mass is 10.2. The van der Waals surface area contributed by atoms with Crippen molar-refractivity contribution in [2.24, 2.45) is 0 Å². The number of ether oxygens (including phenoxy) is 1. The molecule has 0 fully saturated rings. The van der Waals surface area contributed by atoms with Crippen molar-refractivity contribution in [1.29, 1.82) is 0 Å². The molecule has 142 valence electrons. The van der Waals surface area contributed by atoms with Gasteiger partial charge in [-0.3, -0.25) is 0 Å². The first-order valence-electron chi connectivity index (χ1n) is 8.61. The Morgan fingerprint density at radius 2 is 1.42 bits per heavy atom. The maximum absolute atomic E-state index is 11.5. The Morgan fingerprint density at radius 3 is 1.79 bits per heavy atom. The molecule has 24 heavy (non-hydrogen) atoms. The van der Waals surface area contributed by atoms with Crippen LogP contribution in [0.15, 0.2) is 12.2 Å². The highest BCUT2D eigenvalue weighted by Crippen LogP contribution is 2.39. The molecule has 0 amide bonds. The van der Waals surface area contributed by atoms with Crippen LogP contribution < -0.4 is 0 Å². The maximum atomic E-state index is 11.5. The van der Waals surface area contributed by atoms with Crippen molar-refractivity contribution in [3.8, 4) is 0 Å². The molecule has 0 saturated heterocycles. The number of esters is 1. The van der Waals surface area contributed by atoms with Crippen molar-refractivity contribution in [3.63, 3.8) is 0 Å².